The number of ether oxygens (including phenoxy) is 1. The van der Waals surface area contributed by atoms with Crippen LogP contribution in [0.5, 0.6) is 0 Å². The molecule has 1 rings (SSSR count). The summed E-state index contributed by atoms with van der Waals surface area (Å²) < 4.78 is 4.54. The van der Waals surface area contributed by atoms with E-state index in [2.05, 4.69) is 15.0 Å². The Morgan fingerprint density at radius 3 is 2.45 bits per heavy atom. The zero-order valence-corrected chi connectivity index (χ0v) is 12.6. The molecule has 0 spiro atoms. The summed E-state index contributed by atoms with van der Waals surface area (Å²) in [6.45, 7) is 0. The first-order valence-corrected chi connectivity index (χ1v) is 7.16. The van der Waals surface area contributed by atoms with E-state index in [0.717, 1.165) is 36.3 Å². The number of rotatable bonds is 8. The van der Waals surface area contributed by atoms with Gasteiger partial charge in [-0.15, -0.1) is 5.11 Å². The van der Waals surface area contributed by atoms with E-state index in [-0.39, 0.29) is 11.9 Å². The zero-order chi connectivity index (χ0) is 16.2. The highest BCUT2D eigenvalue weighted by molar-refractivity contribution is 5.76. The molecule has 0 aromatic rings. The number of allylic oxidation sites excluding steroid dienone is 3. The van der Waals surface area contributed by atoms with Crippen molar-refractivity contribution in [3.05, 3.63) is 36.3 Å². The SMILES string of the molecule is COC(=O)CCCCCCC(=O)N=NC=C1C=CN(O)C=C1. The second kappa shape index (κ2) is 10.4. The smallest absolute Gasteiger partial charge is 0.305 e. The van der Waals surface area contributed by atoms with Gasteiger partial charge in [-0.25, -0.2) is 5.06 Å². The molecule has 0 fully saturated rings. The summed E-state index contributed by atoms with van der Waals surface area (Å²) in [5.41, 5.74) is 0.740. The number of esters is 1. The molecule has 0 aromatic heterocycles. The predicted molar refractivity (Wildman–Crippen MR) is 79.6 cm³/mol. The molecular formula is C15H21N3O4. The van der Waals surface area contributed by atoms with E-state index in [1.807, 2.05) is 0 Å². The molecule has 0 atom stereocenters. The number of hydrogen-bond donors (Lipinski definition) is 1. The maximum Gasteiger partial charge on any atom is 0.305 e. The molecule has 120 valence electrons. The molecule has 1 aliphatic heterocycles. The van der Waals surface area contributed by atoms with E-state index in [0.29, 0.717) is 12.8 Å². The number of amides is 1. The molecule has 0 unspecified atom stereocenters. The largest absolute Gasteiger partial charge is 0.469 e. The Morgan fingerprint density at radius 2 is 1.82 bits per heavy atom. The van der Waals surface area contributed by atoms with Crippen LogP contribution in [-0.4, -0.2) is 29.3 Å². The molecule has 1 amide bonds. The normalized spacial score (nSPS) is 13.7. The number of hydroxylamine groups is 2. The quantitative estimate of drug-likeness (QED) is 0.422. The molecule has 7 nitrogen and oxygen atoms in total. The van der Waals surface area contributed by atoms with Crippen molar-refractivity contribution in [3.8, 4) is 0 Å². The lowest BCUT2D eigenvalue weighted by Gasteiger charge is -2.08. The summed E-state index contributed by atoms with van der Waals surface area (Å²) in [5.74, 6) is -0.467. The van der Waals surface area contributed by atoms with Crippen LogP contribution in [-0.2, 0) is 14.3 Å². The Labute approximate surface area is 129 Å². The van der Waals surface area contributed by atoms with Crippen LogP contribution < -0.4 is 0 Å². The van der Waals surface area contributed by atoms with Gasteiger partial charge < -0.3 is 4.74 Å². The van der Waals surface area contributed by atoms with Crippen molar-refractivity contribution in [2.75, 3.05) is 7.11 Å². The van der Waals surface area contributed by atoms with Gasteiger partial charge in [-0.1, -0.05) is 12.8 Å². The van der Waals surface area contributed by atoms with E-state index in [9.17, 15) is 9.59 Å². The molecule has 0 saturated heterocycles. The summed E-state index contributed by atoms with van der Waals surface area (Å²) in [6, 6.07) is 0. The van der Waals surface area contributed by atoms with Crippen molar-refractivity contribution in [2.24, 2.45) is 10.2 Å². The number of nitrogens with zero attached hydrogens (tertiary/aromatic N) is 3. The maximum atomic E-state index is 11.5. The molecule has 0 radical (unpaired) electrons. The first-order valence-electron chi connectivity index (χ1n) is 7.16. The van der Waals surface area contributed by atoms with Gasteiger partial charge >= 0.3 is 5.97 Å². The third kappa shape index (κ3) is 8.11. The Balaban J connectivity index is 2.12. The first-order chi connectivity index (χ1) is 10.6. The number of hydrogen-bond acceptors (Lipinski definition) is 6. The molecule has 0 aliphatic carbocycles. The van der Waals surface area contributed by atoms with Gasteiger partial charge in [-0.05, 0) is 30.6 Å². The van der Waals surface area contributed by atoms with Crippen molar-refractivity contribution < 1.29 is 19.5 Å². The highest BCUT2D eigenvalue weighted by atomic mass is 16.5. The van der Waals surface area contributed by atoms with Crippen molar-refractivity contribution >= 4 is 11.9 Å². The van der Waals surface area contributed by atoms with Crippen LogP contribution in [0.25, 0.3) is 0 Å². The number of azo groups is 1. The van der Waals surface area contributed by atoms with Crippen molar-refractivity contribution in [2.45, 2.75) is 38.5 Å². The molecule has 22 heavy (non-hydrogen) atoms. The number of carbonyl (C=O) groups excluding carboxylic acids is 2. The van der Waals surface area contributed by atoms with Gasteiger partial charge in [0.1, 0.15) is 0 Å². The first kappa shape index (κ1) is 17.8. The Hall–Kier alpha value is -2.28. The van der Waals surface area contributed by atoms with Crippen LogP contribution in [0.4, 0.5) is 0 Å². The van der Waals surface area contributed by atoms with Gasteiger partial charge in [0.05, 0.1) is 13.3 Å². The fourth-order valence-electron chi connectivity index (χ4n) is 1.73. The van der Waals surface area contributed by atoms with Gasteiger partial charge in [0.15, 0.2) is 0 Å². The van der Waals surface area contributed by atoms with Crippen LogP contribution in [0.1, 0.15) is 38.5 Å². The molecule has 1 N–H and O–H groups in total. The van der Waals surface area contributed by atoms with Crippen LogP contribution in [0.2, 0.25) is 0 Å². The Morgan fingerprint density at radius 1 is 1.18 bits per heavy atom. The second-order valence-electron chi connectivity index (χ2n) is 4.74. The summed E-state index contributed by atoms with van der Waals surface area (Å²) in [4.78, 5) is 22.4. The number of carbonyl (C=O) groups is 2. The van der Waals surface area contributed by atoms with Gasteiger partial charge in [-0.2, -0.15) is 5.11 Å². The lowest BCUT2D eigenvalue weighted by molar-refractivity contribution is -0.140. The van der Waals surface area contributed by atoms with Crippen LogP contribution in [0, 0.1) is 0 Å². The van der Waals surface area contributed by atoms with Crippen molar-refractivity contribution in [1.82, 2.24) is 5.06 Å². The van der Waals surface area contributed by atoms with E-state index in [1.54, 1.807) is 12.2 Å². The number of methoxy groups -OCH3 is 1. The molecule has 0 saturated carbocycles. The maximum absolute atomic E-state index is 11.5. The standard InChI is InChI=1S/C15H21N3O4/c1-22-15(20)7-5-3-2-4-6-14(19)17-16-12-13-8-10-18(21)11-9-13/h8-12,21H,2-7H2,1H3. The third-order valence-electron chi connectivity index (χ3n) is 2.96. The van der Waals surface area contributed by atoms with Crippen LogP contribution in [0.15, 0.2) is 46.6 Å². The van der Waals surface area contributed by atoms with E-state index < -0.39 is 0 Å². The highest BCUT2D eigenvalue weighted by Gasteiger charge is 2.02. The Bertz CT molecular complexity index is 479. The summed E-state index contributed by atoms with van der Waals surface area (Å²) in [5, 5.41) is 17.3. The average Bonchev–Trinajstić information content (AvgIpc) is 2.52. The van der Waals surface area contributed by atoms with Crippen LogP contribution >= 0.6 is 0 Å². The van der Waals surface area contributed by atoms with Gasteiger partial charge in [0.2, 0.25) is 0 Å². The van der Waals surface area contributed by atoms with E-state index in [4.69, 9.17) is 5.21 Å². The van der Waals surface area contributed by atoms with Gasteiger partial charge in [0, 0.05) is 25.2 Å². The average molecular weight is 307 g/mol. The van der Waals surface area contributed by atoms with Gasteiger partial charge in [-0.3, -0.25) is 14.8 Å². The van der Waals surface area contributed by atoms with Crippen molar-refractivity contribution in [1.29, 1.82) is 0 Å². The lowest BCUT2D eigenvalue weighted by atomic mass is 10.1. The van der Waals surface area contributed by atoms with E-state index >= 15 is 0 Å². The molecule has 0 aromatic carbocycles. The minimum atomic E-state index is -0.266. The molecule has 0 bridgehead atoms. The predicted octanol–water partition coefficient (Wildman–Crippen LogP) is 3.09. The Kier molecular flexibility index (Phi) is 8.44. The fourth-order valence-corrected chi connectivity index (χ4v) is 1.73. The highest BCUT2D eigenvalue weighted by Crippen LogP contribution is 2.09. The monoisotopic (exact) mass is 307 g/mol. The summed E-state index contributed by atoms with van der Waals surface area (Å²) in [7, 11) is 1.38. The molecule has 7 heteroatoms. The van der Waals surface area contributed by atoms with Crippen molar-refractivity contribution in [3.63, 3.8) is 0 Å². The fraction of sp³-hybridized carbons (Fsp3) is 0.467. The second-order valence-corrected chi connectivity index (χ2v) is 4.74. The summed E-state index contributed by atoms with van der Waals surface area (Å²) >= 11 is 0. The topological polar surface area (TPSA) is 91.6 Å². The molecule has 1 aliphatic rings. The number of unbranched alkanes of at least 4 members (excludes halogenated alkanes) is 3. The molecule has 1 heterocycles. The molecular weight excluding hydrogens is 286 g/mol. The lowest BCUT2D eigenvalue weighted by Crippen LogP contribution is -2.03. The van der Waals surface area contributed by atoms with Crippen LogP contribution in [0.3, 0.4) is 0 Å². The minimum Gasteiger partial charge on any atom is -0.469 e. The summed E-state index contributed by atoms with van der Waals surface area (Å²) in [6.07, 6.45) is 11.7. The zero-order valence-electron chi connectivity index (χ0n) is 12.6. The van der Waals surface area contributed by atoms with E-state index in [1.165, 1.54) is 25.7 Å². The third-order valence-corrected chi connectivity index (χ3v) is 2.96. The minimum absolute atomic E-state index is 0.201. The van der Waals surface area contributed by atoms with Gasteiger partial charge in [0.25, 0.3) is 5.91 Å².